The highest BCUT2D eigenvalue weighted by atomic mass is 16.4. The minimum absolute atomic E-state index is 0.156. The van der Waals surface area contributed by atoms with Gasteiger partial charge in [-0.05, 0) is 30.3 Å². The number of benzene rings is 1. The molecule has 5 heteroatoms. The van der Waals surface area contributed by atoms with Gasteiger partial charge in [0.25, 0.3) is 5.78 Å². The Kier molecular flexibility index (Phi) is 2.51. The van der Waals surface area contributed by atoms with Crippen molar-refractivity contribution in [3.05, 3.63) is 48.3 Å². The molecule has 0 aliphatic heterocycles. The van der Waals surface area contributed by atoms with Crippen LogP contribution >= 0.6 is 0 Å². The molecule has 0 spiro atoms. The Morgan fingerprint density at radius 1 is 1.19 bits per heavy atom. The number of carbonyl (C=O) groups is 2. The highest BCUT2D eigenvalue weighted by Gasteiger charge is 2.13. The Bertz CT molecular complexity index is 515. The molecule has 16 heavy (non-hydrogen) atoms. The molecule has 1 aromatic carbocycles. The van der Waals surface area contributed by atoms with Gasteiger partial charge in [0.2, 0.25) is 0 Å². The summed E-state index contributed by atoms with van der Waals surface area (Å²) < 4.78 is 1.62. The summed E-state index contributed by atoms with van der Waals surface area (Å²) in [4.78, 5) is 21.6. The SMILES string of the molecule is O=C(O)C(=O)c1ccc(-n2cccn2)cc1. The topological polar surface area (TPSA) is 72.2 Å². The molecule has 1 aromatic heterocycles. The normalized spacial score (nSPS) is 10.0. The lowest BCUT2D eigenvalue weighted by molar-refractivity contribution is -0.131. The lowest BCUT2D eigenvalue weighted by Crippen LogP contribution is -2.12. The number of carboxylic acids is 1. The van der Waals surface area contributed by atoms with E-state index in [1.54, 1.807) is 35.3 Å². The molecule has 0 unspecified atom stereocenters. The van der Waals surface area contributed by atoms with Crippen LogP contribution in [0.4, 0.5) is 0 Å². The van der Waals surface area contributed by atoms with Crippen LogP contribution in [0.2, 0.25) is 0 Å². The van der Waals surface area contributed by atoms with Gasteiger partial charge in [-0.15, -0.1) is 0 Å². The van der Waals surface area contributed by atoms with Crippen LogP contribution in [0.15, 0.2) is 42.7 Å². The molecule has 1 heterocycles. The van der Waals surface area contributed by atoms with Gasteiger partial charge in [-0.2, -0.15) is 5.10 Å². The van der Waals surface area contributed by atoms with Crippen molar-refractivity contribution < 1.29 is 14.7 Å². The zero-order valence-corrected chi connectivity index (χ0v) is 8.20. The fourth-order valence-corrected chi connectivity index (χ4v) is 1.31. The lowest BCUT2D eigenvalue weighted by Gasteiger charge is -2.01. The fourth-order valence-electron chi connectivity index (χ4n) is 1.31. The predicted molar refractivity (Wildman–Crippen MR) is 55.5 cm³/mol. The maximum Gasteiger partial charge on any atom is 0.377 e. The third-order valence-corrected chi connectivity index (χ3v) is 2.09. The fraction of sp³-hybridized carbons (Fsp3) is 0. The van der Waals surface area contributed by atoms with Crippen LogP contribution < -0.4 is 0 Å². The summed E-state index contributed by atoms with van der Waals surface area (Å²) >= 11 is 0. The van der Waals surface area contributed by atoms with Crippen molar-refractivity contribution in [2.24, 2.45) is 0 Å². The molecule has 2 aromatic rings. The standard InChI is InChI=1S/C11H8N2O3/c14-10(11(15)16)8-2-4-9(5-3-8)13-7-1-6-12-13/h1-7H,(H,15,16). The number of carbonyl (C=O) groups excluding carboxylic acids is 1. The molecule has 0 fully saturated rings. The molecule has 0 radical (unpaired) electrons. The molecule has 1 N–H and O–H groups in total. The highest BCUT2D eigenvalue weighted by Crippen LogP contribution is 2.09. The Morgan fingerprint density at radius 2 is 1.88 bits per heavy atom. The summed E-state index contributed by atoms with van der Waals surface area (Å²) in [7, 11) is 0. The van der Waals surface area contributed by atoms with Gasteiger partial charge in [-0.3, -0.25) is 4.79 Å². The maximum absolute atomic E-state index is 11.1. The Labute approximate surface area is 90.9 Å². The summed E-state index contributed by atoms with van der Waals surface area (Å²) in [6.45, 7) is 0. The number of aromatic nitrogens is 2. The quantitative estimate of drug-likeness (QED) is 0.616. The Morgan fingerprint density at radius 3 is 2.38 bits per heavy atom. The minimum atomic E-state index is -1.45. The predicted octanol–water partition coefficient (Wildman–Crippen LogP) is 1.14. The average molecular weight is 216 g/mol. The zero-order chi connectivity index (χ0) is 11.5. The molecule has 0 amide bonds. The second-order valence-electron chi connectivity index (χ2n) is 3.13. The molecular weight excluding hydrogens is 208 g/mol. The first-order chi connectivity index (χ1) is 7.68. The number of hydrogen-bond acceptors (Lipinski definition) is 3. The van der Waals surface area contributed by atoms with E-state index >= 15 is 0 Å². The van der Waals surface area contributed by atoms with Crippen LogP contribution in [0.3, 0.4) is 0 Å². The molecule has 0 saturated heterocycles. The van der Waals surface area contributed by atoms with Gasteiger partial charge in [0.05, 0.1) is 5.69 Å². The smallest absolute Gasteiger partial charge is 0.377 e. The van der Waals surface area contributed by atoms with Gasteiger partial charge >= 0.3 is 5.97 Å². The molecule has 0 aliphatic rings. The average Bonchev–Trinajstić information content (AvgIpc) is 2.81. The number of aliphatic carboxylic acids is 1. The van der Waals surface area contributed by atoms with Gasteiger partial charge in [0.1, 0.15) is 0 Å². The van der Waals surface area contributed by atoms with Crippen LogP contribution in [-0.2, 0) is 4.79 Å². The second-order valence-corrected chi connectivity index (χ2v) is 3.13. The second kappa shape index (κ2) is 3.98. The monoisotopic (exact) mass is 216 g/mol. The summed E-state index contributed by atoms with van der Waals surface area (Å²) in [5.74, 6) is -2.36. The molecular formula is C11H8N2O3. The van der Waals surface area contributed by atoms with E-state index in [1.807, 2.05) is 0 Å². The van der Waals surface area contributed by atoms with Gasteiger partial charge in [-0.25, -0.2) is 9.48 Å². The molecule has 2 rings (SSSR count). The molecule has 0 bridgehead atoms. The molecule has 5 nitrogen and oxygen atoms in total. The van der Waals surface area contributed by atoms with Crippen molar-refractivity contribution >= 4 is 11.8 Å². The highest BCUT2D eigenvalue weighted by molar-refractivity contribution is 6.39. The molecule has 0 aliphatic carbocycles. The van der Waals surface area contributed by atoms with E-state index in [9.17, 15) is 9.59 Å². The number of rotatable bonds is 3. The zero-order valence-electron chi connectivity index (χ0n) is 8.20. The van der Waals surface area contributed by atoms with Gasteiger partial charge in [0.15, 0.2) is 0 Å². The summed E-state index contributed by atoms with van der Waals surface area (Å²) in [5, 5.41) is 12.5. The van der Waals surface area contributed by atoms with Crippen molar-refractivity contribution in [3.63, 3.8) is 0 Å². The first kappa shape index (κ1) is 10.1. The van der Waals surface area contributed by atoms with Crippen molar-refractivity contribution in [2.45, 2.75) is 0 Å². The molecule has 0 saturated carbocycles. The van der Waals surface area contributed by atoms with Crippen molar-refractivity contribution in [2.75, 3.05) is 0 Å². The van der Waals surface area contributed by atoms with Crippen LogP contribution in [-0.4, -0.2) is 26.6 Å². The van der Waals surface area contributed by atoms with E-state index in [2.05, 4.69) is 5.10 Å². The Balaban J connectivity index is 2.30. The number of nitrogens with zero attached hydrogens (tertiary/aromatic N) is 2. The number of ketones is 1. The van der Waals surface area contributed by atoms with Crippen LogP contribution in [0.1, 0.15) is 10.4 Å². The first-order valence-corrected chi connectivity index (χ1v) is 4.56. The Hall–Kier alpha value is -2.43. The van der Waals surface area contributed by atoms with E-state index < -0.39 is 11.8 Å². The summed E-state index contributed by atoms with van der Waals surface area (Å²) in [6.07, 6.45) is 3.39. The van der Waals surface area contributed by atoms with Gasteiger partial charge in [0, 0.05) is 18.0 Å². The van der Waals surface area contributed by atoms with E-state index in [4.69, 9.17) is 5.11 Å². The number of Topliss-reactive ketones (excluding diaryl/α,β-unsaturated/α-hetero) is 1. The lowest BCUT2D eigenvalue weighted by atomic mass is 10.1. The third kappa shape index (κ3) is 1.83. The maximum atomic E-state index is 11.1. The van der Waals surface area contributed by atoms with Gasteiger partial charge in [-0.1, -0.05) is 0 Å². The van der Waals surface area contributed by atoms with E-state index in [1.165, 1.54) is 12.1 Å². The van der Waals surface area contributed by atoms with Crippen molar-refractivity contribution in [1.29, 1.82) is 0 Å². The van der Waals surface area contributed by atoms with Crippen molar-refractivity contribution in [1.82, 2.24) is 9.78 Å². The van der Waals surface area contributed by atoms with Crippen LogP contribution in [0.25, 0.3) is 5.69 Å². The number of hydrogen-bond donors (Lipinski definition) is 1. The summed E-state index contributed by atoms with van der Waals surface area (Å²) in [6, 6.07) is 7.99. The third-order valence-electron chi connectivity index (χ3n) is 2.09. The van der Waals surface area contributed by atoms with E-state index in [-0.39, 0.29) is 5.56 Å². The van der Waals surface area contributed by atoms with Crippen LogP contribution in [0.5, 0.6) is 0 Å². The minimum Gasteiger partial charge on any atom is -0.475 e. The van der Waals surface area contributed by atoms with Crippen molar-refractivity contribution in [3.8, 4) is 5.69 Å². The molecule has 0 atom stereocenters. The summed E-state index contributed by atoms with van der Waals surface area (Å²) in [5.41, 5.74) is 0.926. The van der Waals surface area contributed by atoms with E-state index in [0.29, 0.717) is 0 Å². The van der Waals surface area contributed by atoms with Crippen LogP contribution in [0, 0.1) is 0 Å². The first-order valence-electron chi connectivity index (χ1n) is 4.56. The van der Waals surface area contributed by atoms with Gasteiger partial charge < -0.3 is 5.11 Å². The van der Waals surface area contributed by atoms with E-state index in [0.717, 1.165) is 5.69 Å². The molecule has 80 valence electrons. The largest absolute Gasteiger partial charge is 0.475 e. The number of carboxylic acid groups (broad SMARTS) is 1.